The molecule has 7 nitrogen and oxygen atoms in total. The van der Waals surface area contributed by atoms with E-state index in [4.69, 9.17) is 0 Å². The maximum atomic E-state index is 13.6. The maximum Gasteiger partial charge on any atom is 0.246 e. The van der Waals surface area contributed by atoms with Gasteiger partial charge in [-0.05, 0) is 29.9 Å². The third kappa shape index (κ3) is 6.46. The monoisotopic (exact) mass is 511 g/mol. The maximum absolute atomic E-state index is 13.6. The van der Waals surface area contributed by atoms with E-state index in [1.54, 1.807) is 32.1 Å². The molecule has 2 amide bonds. The molecule has 2 heterocycles. The Morgan fingerprint density at radius 3 is 2.28 bits per heavy atom. The number of hydrogen-bond acceptors (Lipinski definition) is 6. The molecule has 36 heavy (non-hydrogen) atoms. The Balaban J connectivity index is 1.70. The highest BCUT2D eigenvalue weighted by Gasteiger charge is 2.44. The molecule has 0 spiro atoms. The van der Waals surface area contributed by atoms with Crippen molar-refractivity contribution >= 4 is 34.7 Å². The smallest absolute Gasteiger partial charge is 0.246 e. The van der Waals surface area contributed by atoms with Crippen LogP contribution in [0.1, 0.15) is 65.6 Å². The third-order valence-corrected chi connectivity index (χ3v) is 7.47. The quantitative estimate of drug-likeness (QED) is 0.596. The summed E-state index contributed by atoms with van der Waals surface area (Å²) in [5.74, 6) is -0.901. The standard InChI is InChI=1S/C28H37N3O4S/c1-17-23(36-16-29-17)19-11-8-18(9-12-19)10-13-22(33)21-14-20(32)15-31(21)25(34)24(27(2,3)4)30-26(35)28(5,6)7/h8-9,11-12,16,21,24H,10,13-15H2,1-7H3,(H,30,35). The van der Waals surface area contributed by atoms with Crippen LogP contribution in [0.15, 0.2) is 29.8 Å². The van der Waals surface area contributed by atoms with E-state index < -0.39 is 22.9 Å². The van der Waals surface area contributed by atoms with Gasteiger partial charge in [0.1, 0.15) is 6.04 Å². The summed E-state index contributed by atoms with van der Waals surface area (Å²) in [5, 5.41) is 2.87. The van der Waals surface area contributed by atoms with Crippen molar-refractivity contribution in [2.24, 2.45) is 10.8 Å². The molecule has 1 fully saturated rings. The van der Waals surface area contributed by atoms with Gasteiger partial charge in [-0.3, -0.25) is 19.2 Å². The first-order valence-electron chi connectivity index (χ1n) is 12.3. The van der Waals surface area contributed by atoms with Crippen LogP contribution < -0.4 is 5.32 Å². The van der Waals surface area contributed by atoms with Gasteiger partial charge < -0.3 is 10.2 Å². The minimum atomic E-state index is -0.840. The Morgan fingerprint density at radius 2 is 1.75 bits per heavy atom. The molecule has 1 aromatic heterocycles. The molecule has 194 valence electrons. The zero-order valence-corrected chi connectivity index (χ0v) is 23.1. The van der Waals surface area contributed by atoms with Gasteiger partial charge in [0.25, 0.3) is 0 Å². The number of amides is 2. The number of benzene rings is 1. The Hall–Kier alpha value is -2.87. The molecule has 1 saturated heterocycles. The number of nitrogens with zero attached hydrogens (tertiary/aromatic N) is 2. The summed E-state index contributed by atoms with van der Waals surface area (Å²) < 4.78 is 0. The lowest BCUT2D eigenvalue weighted by Gasteiger charge is -2.36. The molecule has 8 heteroatoms. The molecule has 3 rings (SSSR count). The number of ketones is 2. The van der Waals surface area contributed by atoms with Gasteiger partial charge in [-0.15, -0.1) is 11.3 Å². The van der Waals surface area contributed by atoms with Crippen molar-refractivity contribution in [2.45, 2.75) is 79.8 Å². The fourth-order valence-corrected chi connectivity index (χ4v) is 5.02. The van der Waals surface area contributed by atoms with Gasteiger partial charge >= 0.3 is 0 Å². The highest BCUT2D eigenvalue weighted by atomic mass is 32.1. The zero-order chi connectivity index (χ0) is 26.8. The lowest BCUT2D eigenvalue weighted by atomic mass is 9.84. The molecule has 1 aliphatic rings. The van der Waals surface area contributed by atoms with Gasteiger partial charge in [0, 0.05) is 18.3 Å². The number of thiazole rings is 1. The van der Waals surface area contributed by atoms with E-state index >= 15 is 0 Å². The Labute approximate surface area is 217 Å². The summed E-state index contributed by atoms with van der Waals surface area (Å²) in [6.45, 7) is 12.8. The molecule has 2 atom stereocenters. The number of hydrogen-bond donors (Lipinski definition) is 1. The molecule has 0 aliphatic carbocycles. The van der Waals surface area contributed by atoms with Crippen molar-refractivity contribution in [3.63, 3.8) is 0 Å². The van der Waals surface area contributed by atoms with Crippen LogP contribution >= 0.6 is 11.3 Å². The summed E-state index contributed by atoms with van der Waals surface area (Å²) in [7, 11) is 0. The number of nitrogens with one attached hydrogen (secondary N) is 1. The number of Topliss-reactive ketones (excluding diaryl/α,β-unsaturated/α-hetero) is 2. The lowest BCUT2D eigenvalue weighted by Crippen LogP contribution is -2.58. The van der Waals surface area contributed by atoms with E-state index in [2.05, 4.69) is 10.3 Å². The molecule has 0 saturated carbocycles. The van der Waals surface area contributed by atoms with Crippen molar-refractivity contribution in [3.8, 4) is 10.4 Å². The molecule has 0 radical (unpaired) electrons. The fraction of sp³-hybridized carbons (Fsp3) is 0.536. The second-order valence-electron chi connectivity index (χ2n) is 11.7. The van der Waals surface area contributed by atoms with Crippen LogP contribution in [0.2, 0.25) is 0 Å². The van der Waals surface area contributed by atoms with Crippen molar-refractivity contribution in [1.29, 1.82) is 0 Å². The Morgan fingerprint density at radius 1 is 1.11 bits per heavy atom. The molecular formula is C28H37N3O4S. The minimum absolute atomic E-state index is 0.0260. The molecule has 1 N–H and O–H groups in total. The summed E-state index contributed by atoms with van der Waals surface area (Å²) in [6.07, 6.45) is 0.782. The number of carbonyl (C=O) groups is 4. The van der Waals surface area contributed by atoms with Crippen LogP contribution in [0.25, 0.3) is 10.4 Å². The van der Waals surface area contributed by atoms with E-state index in [9.17, 15) is 19.2 Å². The summed E-state index contributed by atoms with van der Waals surface area (Å²) in [4.78, 5) is 58.6. The minimum Gasteiger partial charge on any atom is -0.343 e. The third-order valence-electron chi connectivity index (χ3n) is 6.49. The topological polar surface area (TPSA) is 96.4 Å². The van der Waals surface area contributed by atoms with Crippen LogP contribution in [0.5, 0.6) is 0 Å². The lowest BCUT2D eigenvalue weighted by molar-refractivity contribution is -0.144. The van der Waals surface area contributed by atoms with Crippen molar-refractivity contribution in [2.75, 3.05) is 6.54 Å². The molecule has 0 bridgehead atoms. The first-order valence-corrected chi connectivity index (χ1v) is 13.2. The van der Waals surface area contributed by atoms with Crippen LogP contribution in [-0.4, -0.2) is 51.9 Å². The van der Waals surface area contributed by atoms with E-state index in [-0.39, 0.29) is 42.8 Å². The first-order chi connectivity index (χ1) is 16.7. The average molecular weight is 512 g/mol. The van der Waals surface area contributed by atoms with Gasteiger partial charge in [-0.1, -0.05) is 65.8 Å². The van der Waals surface area contributed by atoms with Crippen molar-refractivity contribution in [1.82, 2.24) is 15.2 Å². The predicted octanol–water partition coefficient (Wildman–Crippen LogP) is 4.37. The summed E-state index contributed by atoms with van der Waals surface area (Å²) in [6, 6.07) is 6.43. The van der Waals surface area contributed by atoms with E-state index in [0.29, 0.717) is 6.42 Å². The largest absolute Gasteiger partial charge is 0.343 e. The second kappa shape index (κ2) is 10.6. The SMILES string of the molecule is Cc1ncsc1-c1ccc(CCC(=O)C2CC(=O)CN2C(=O)C(NC(=O)C(C)(C)C)C(C)(C)C)cc1. The second-order valence-corrected chi connectivity index (χ2v) is 12.5. The van der Waals surface area contributed by atoms with Gasteiger partial charge in [-0.2, -0.15) is 0 Å². The summed E-state index contributed by atoms with van der Waals surface area (Å²) >= 11 is 1.59. The van der Waals surface area contributed by atoms with Crippen LogP contribution in [0.4, 0.5) is 0 Å². The van der Waals surface area contributed by atoms with Crippen LogP contribution in [0.3, 0.4) is 0 Å². The fourth-order valence-electron chi connectivity index (χ4n) is 4.21. The van der Waals surface area contributed by atoms with E-state index in [0.717, 1.165) is 21.7 Å². The molecule has 1 aromatic carbocycles. The number of carbonyl (C=O) groups excluding carboxylic acids is 4. The predicted molar refractivity (Wildman–Crippen MR) is 142 cm³/mol. The van der Waals surface area contributed by atoms with Crippen LogP contribution in [0, 0.1) is 17.8 Å². The van der Waals surface area contributed by atoms with Crippen molar-refractivity contribution < 1.29 is 19.2 Å². The Kier molecular flexibility index (Phi) is 8.18. The van der Waals surface area contributed by atoms with E-state index in [1.807, 2.05) is 57.5 Å². The summed E-state index contributed by atoms with van der Waals surface area (Å²) in [5.41, 5.74) is 3.66. The average Bonchev–Trinajstić information content (AvgIpc) is 3.39. The van der Waals surface area contributed by atoms with Gasteiger partial charge in [0.15, 0.2) is 11.6 Å². The number of aryl methyl sites for hydroxylation is 2. The van der Waals surface area contributed by atoms with Crippen molar-refractivity contribution in [3.05, 3.63) is 41.0 Å². The first kappa shape index (κ1) is 27.7. The highest BCUT2D eigenvalue weighted by Crippen LogP contribution is 2.29. The normalized spacial score (nSPS) is 17.2. The number of likely N-dealkylation sites (tertiary alicyclic amines) is 1. The van der Waals surface area contributed by atoms with Gasteiger partial charge in [0.2, 0.25) is 11.8 Å². The molecular weight excluding hydrogens is 474 g/mol. The molecule has 1 aliphatic heterocycles. The molecule has 2 aromatic rings. The number of aromatic nitrogens is 1. The van der Waals surface area contributed by atoms with Gasteiger partial charge in [0.05, 0.1) is 28.7 Å². The highest BCUT2D eigenvalue weighted by molar-refractivity contribution is 7.13. The number of rotatable bonds is 7. The van der Waals surface area contributed by atoms with Crippen LogP contribution in [-0.2, 0) is 25.6 Å². The Bertz CT molecular complexity index is 1140. The van der Waals surface area contributed by atoms with Gasteiger partial charge in [-0.25, -0.2) is 4.98 Å². The van der Waals surface area contributed by atoms with E-state index in [1.165, 1.54) is 4.90 Å². The zero-order valence-electron chi connectivity index (χ0n) is 22.3. The molecule has 2 unspecified atom stereocenters.